The van der Waals surface area contributed by atoms with Crippen LogP contribution in [0.4, 0.5) is 0 Å². The van der Waals surface area contributed by atoms with Crippen molar-refractivity contribution in [3.05, 3.63) is 35.7 Å². The van der Waals surface area contributed by atoms with Crippen LogP contribution in [0.3, 0.4) is 0 Å². The Morgan fingerprint density at radius 1 is 1.40 bits per heavy atom. The summed E-state index contributed by atoms with van der Waals surface area (Å²) < 4.78 is 1.85. The lowest BCUT2D eigenvalue weighted by Gasteiger charge is -2.01. The molecule has 82 valence electrons. The molecule has 1 rings (SSSR count). The Morgan fingerprint density at radius 3 is 2.60 bits per heavy atom. The molecule has 0 aliphatic heterocycles. The normalized spacial score (nSPS) is 11.6. The maximum absolute atomic E-state index is 4.20. The summed E-state index contributed by atoms with van der Waals surface area (Å²) in [5.41, 5.74) is 3.93. The number of aryl methyl sites for hydroxylation is 1. The van der Waals surface area contributed by atoms with Crippen LogP contribution >= 0.6 is 0 Å². The van der Waals surface area contributed by atoms with Gasteiger partial charge in [-0.1, -0.05) is 31.1 Å². The molecule has 0 fully saturated rings. The largest absolute Gasteiger partial charge is 0.275 e. The summed E-state index contributed by atoms with van der Waals surface area (Å²) in [5, 5.41) is 4.20. The summed E-state index contributed by atoms with van der Waals surface area (Å²) in [6.07, 6.45) is 10.6. The van der Waals surface area contributed by atoms with Crippen LogP contribution in [-0.4, -0.2) is 9.78 Å². The Bertz CT molecular complexity index is 366. The SMILES string of the molecule is CCCC(=CC=C(C)C)c1cnn(C)c1. The van der Waals surface area contributed by atoms with E-state index in [2.05, 4.69) is 44.2 Å². The second-order valence-corrected chi connectivity index (χ2v) is 4.09. The molecule has 0 aliphatic carbocycles. The van der Waals surface area contributed by atoms with E-state index in [1.165, 1.54) is 16.7 Å². The molecule has 0 saturated heterocycles. The first kappa shape index (κ1) is 11.8. The predicted molar refractivity (Wildman–Crippen MR) is 65.5 cm³/mol. The van der Waals surface area contributed by atoms with Crippen molar-refractivity contribution in [3.8, 4) is 0 Å². The van der Waals surface area contributed by atoms with Crippen molar-refractivity contribution in [1.29, 1.82) is 0 Å². The van der Waals surface area contributed by atoms with Gasteiger partial charge in [0.1, 0.15) is 0 Å². The summed E-state index contributed by atoms with van der Waals surface area (Å²) in [4.78, 5) is 0. The number of nitrogens with zero attached hydrogens (tertiary/aromatic N) is 2. The van der Waals surface area contributed by atoms with Gasteiger partial charge in [0.2, 0.25) is 0 Å². The van der Waals surface area contributed by atoms with Crippen molar-refractivity contribution in [2.75, 3.05) is 0 Å². The highest BCUT2D eigenvalue weighted by Gasteiger charge is 2.01. The second kappa shape index (κ2) is 5.54. The molecule has 0 unspecified atom stereocenters. The van der Waals surface area contributed by atoms with Gasteiger partial charge in [-0.05, 0) is 25.8 Å². The Balaban J connectivity index is 2.92. The molecule has 1 aromatic rings. The topological polar surface area (TPSA) is 17.8 Å². The molecule has 0 amide bonds. The zero-order chi connectivity index (χ0) is 11.3. The number of hydrogen-bond acceptors (Lipinski definition) is 1. The number of allylic oxidation sites excluding steroid dienone is 4. The summed E-state index contributed by atoms with van der Waals surface area (Å²) in [7, 11) is 1.95. The van der Waals surface area contributed by atoms with Crippen molar-refractivity contribution in [3.63, 3.8) is 0 Å². The average Bonchev–Trinajstić information content (AvgIpc) is 2.59. The third kappa shape index (κ3) is 3.74. The van der Waals surface area contributed by atoms with Crippen molar-refractivity contribution in [2.24, 2.45) is 7.05 Å². The predicted octanol–water partition coefficient (Wildman–Crippen LogP) is 3.57. The van der Waals surface area contributed by atoms with Crippen LogP contribution in [0.1, 0.15) is 39.2 Å². The maximum Gasteiger partial charge on any atom is 0.0564 e. The van der Waals surface area contributed by atoms with E-state index in [4.69, 9.17) is 0 Å². The van der Waals surface area contributed by atoms with E-state index in [0.717, 1.165) is 12.8 Å². The Labute approximate surface area is 92.3 Å². The maximum atomic E-state index is 4.20. The standard InChI is InChI=1S/C13H20N2/c1-5-6-12(8-7-11(2)3)13-9-14-15(4)10-13/h7-10H,5-6H2,1-4H3. The molecule has 0 N–H and O–H groups in total. The molecule has 0 bridgehead atoms. The van der Waals surface area contributed by atoms with Crippen LogP contribution in [0.5, 0.6) is 0 Å². The molecular formula is C13H20N2. The van der Waals surface area contributed by atoms with Gasteiger partial charge in [-0.3, -0.25) is 4.68 Å². The zero-order valence-electron chi connectivity index (χ0n) is 10.1. The molecule has 0 aromatic carbocycles. The first-order chi connectivity index (χ1) is 7.13. The van der Waals surface area contributed by atoms with Crippen LogP contribution in [0.2, 0.25) is 0 Å². The van der Waals surface area contributed by atoms with Crippen molar-refractivity contribution in [2.45, 2.75) is 33.6 Å². The quantitative estimate of drug-likeness (QED) is 0.685. The molecule has 0 spiro atoms. The highest BCUT2D eigenvalue weighted by atomic mass is 15.2. The Morgan fingerprint density at radius 2 is 2.13 bits per heavy atom. The van der Waals surface area contributed by atoms with Crippen molar-refractivity contribution >= 4 is 5.57 Å². The van der Waals surface area contributed by atoms with Crippen molar-refractivity contribution < 1.29 is 0 Å². The summed E-state index contributed by atoms with van der Waals surface area (Å²) in [6.45, 7) is 6.43. The fourth-order valence-electron chi connectivity index (χ4n) is 1.45. The highest BCUT2D eigenvalue weighted by Crippen LogP contribution is 2.19. The van der Waals surface area contributed by atoms with Crippen LogP contribution in [0, 0.1) is 0 Å². The molecule has 2 nitrogen and oxygen atoms in total. The summed E-state index contributed by atoms with van der Waals surface area (Å²) in [6, 6.07) is 0. The molecule has 2 heteroatoms. The number of rotatable bonds is 4. The third-order valence-corrected chi connectivity index (χ3v) is 2.21. The molecule has 1 heterocycles. The van der Waals surface area contributed by atoms with E-state index in [1.54, 1.807) is 0 Å². The molecule has 0 aliphatic rings. The Kier molecular flexibility index (Phi) is 4.35. The van der Waals surface area contributed by atoms with Crippen LogP contribution in [0.25, 0.3) is 5.57 Å². The van der Waals surface area contributed by atoms with Gasteiger partial charge in [0, 0.05) is 18.8 Å². The third-order valence-electron chi connectivity index (χ3n) is 2.21. The first-order valence-corrected chi connectivity index (χ1v) is 5.46. The summed E-state index contributed by atoms with van der Waals surface area (Å²) in [5.74, 6) is 0. The van der Waals surface area contributed by atoms with Gasteiger partial charge in [0.05, 0.1) is 6.20 Å². The van der Waals surface area contributed by atoms with Crippen LogP contribution in [-0.2, 0) is 7.05 Å². The van der Waals surface area contributed by atoms with E-state index >= 15 is 0 Å². The molecule has 15 heavy (non-hydrogen) atoms. The molecular weight excluding hydrogens is 184 g/mol. The van der Waals surface area contributed by atoms with E-state index in [1.807, 2.05) is 17.9 Å². The molecule has 0 radical (unpaired) electrons. The minimum atomic E-state index is 1.11. The van der Waals surface area contributed by atoms with Gasteiger partial charge < -0.3 is 0 Å². The average molecular weight is 204 g/mol. The smallest absolute Gasteiger partial charge is 0.0564 e. The van der Waals surface area contributed by atoms with Gasteiger partial charge in [0.25, 0.3) is 0 Å². The van der Waals surface area contributed by atoms with E-state index in [-0.39, 0.29) is 0 Å². The van der Waals surface area contributed by atoms with E-state index in [0.29, 0.717) is 0 Å². The fourth-order valence-corrected chi connectivity index (χ4v) is 1.45. The van der Waals surface area contributed by atoms with Crippen LogP contribution in [0.15, 0.2) is 30.1 Å². The zero-order valence-corrected chi connectivity index (χ0v) is 10.1. The second-order valence-electron chi connectivity index (χ2n) is 4.09. The molecule has 0 saturated carbocycles. The summed E-state index contributed by atoms with van der Waals surface area (Å²) >= 11 is 0. The Hall–Kier alpha value is -1.31. The minimum absolute atomic E-state index is 1.11. The van der Waals surface area contributed by atoms with E-state index < -0.39 is 0 Å². The number of aromatic nitrogens is 2. The van der Waals surface area contributed by atoms with Gasteiger partial charge >= 0.3 is 0 Å². The van der Waals surface area contributed by atoms with Gasteiger partial charge in [-0.2, -0.15) is 5.10 Å². The van der Waals surface area contributed by atoms with Gasteiger partial charge in [-0.25, -0.2) is 0 Å². The molecule has 1 aromatic heterocycles. The minimum Gasteiger partial charge on any atom is -0.275 e. The molecule has 0 atom stereocenters. The number of hydrogen-bond donors (Lipinski definition) is 0. The fraction of sp³-hybridized carbons (Fsp3) is 0.462. The van der Waals surface area contributed by atoms with E-state index in [9.17, 15) is 0 Å². The monoisotopic (exact) mass is 204 g/mol. The van der Waals surface area contributed by atoms with Gasteiger partial charge in [-0.15, -0.1) is 0 Å². The van der Waals surface area contributed by atoms with Gasteiger partial charge in [0.15, 0.2) is 0 Å². The van der Waals surface area contributed by atoms with Crippen molar-refractivity contribution in [1.82, 2.24) is 9.78 Å². The van der Waals surface area contributed by atoms with Crippen LogP contribution < -0.4 is 0 Å². The lowest BCUT2D eigenvalue weighted by molar-refractivity contribution is 0.767. The lowest BCUT2D eigenvalue weighted by Crippen LogP contribution is -1.85. The highest BCUT2D eigenvalue weighted by molar-refractivity contribution is 5.66. The lowest BCUT2D eigenvalue weighted by atomic mass is 10.0. The first-order valence-electron chi connectivity index (χ1n) is 5.46.